The number of nitriles is 1. The minimum Gasteiger partial charge on any atom is -0.281 e. The van der Waals surface area contributed by atoms with Crippen LogP contribution in [0.1, 0.15) is 12.5 Å². The van der Waals surface area contributed by atoms with E-state index >= 15 is 0 Å². The van der Waals surface area contributed by atoms with Gasteiger partial charge in [-0.25, -0.2) is 8.42 Å². The van der Waals surface area contributed by atoms with Gasteiger partial charge in [0.1, 0.15) is 0 Å². The molecule has 1 aromatic rings. The molecule has 0 amide bonds. The molecule has 0 saturated carbocycles. The summed E-state index contributed by atoms with van der Waals surface area (Å²) in [6, 6.07) is 3.71. The number of nitrogens with zero attached hydrogens (tertiary/aromatic N) is 1. The Bertz CT molecular complexity index is 623. The molecule has 0 fully saturated rings. The van der Waals surface area contributed by atoms with E-state index in [1.807, 2.05) is 4.72 Å². The summed E-state index contributed by atoms with van der Waals surface area (Å²) in [4.78, 5) is 0. The van der Waals surface area contributed by atoms with Crippen LogP contribution in [0.4, 0.5) is 18.9 Å². The van der Waals surface area contributed by atoms with E-state index < -0.39 is 32.7 Å². The number of alkyl halides is 3. The SMILES string of the molecule is CC(C#N)S(=O)(=O)Nc1cc(C(F)(F)F)ccc1Cl. The third-order valence-corrected chi connectivity index (χ3v) is 4.06. The van der Waals surface area contributed by atoms with Gasteiger partial charge in [0.2, 0.25) is 10.0 Å². The molecule has 1 rings (SSSR count). The fourth-order valence-corrected chi connectivity index (χ4v) is 2.10. The Hall–Kier alpha value is -1.46. The number of hydrogen-bond acceptors (Lipinski definition) is 3. The molecule has 1 atom stereocenters. The molecule has 1 N–H and O–H groups in total. The second-order valence-electron chi connectivity index (χ2n) is 3.61. The predicted molar refractivity (Wildman–Crippen MR) is 64.1 cm³/mol. The third-order valence-electron chi connectivity index (χ3n) is 2.19. The van der Waals surface area contributed by atoms with Crippen molar-refractivity contribution in [2.75, 3.05) is 4.72 Å². The van der Waals surface area contributed by atoms with E-state index in [1.54, 1.807) is 0 Å². The van der Waals surface area contributed by atoms with E-state index in [4.69, 9.17) is 16.9 Å². The minimum absolute atomic E-state index is 0.193. The molecule has 0 aliphatic heterocycles. The standard InChI is InChI=1S/C10H8ClF3N2O2S/c1-6(5-15)19(17,18)16-9-4-7(10(12,13)14)2-3-8(9)11/h2-4,6,16H,1H3. The molecule has 0 spiro atoms. The molecular weight excluding hydrogens is 305 g/mol. The first-order valence-corrected chi connectivity index (χ1v) is 6.78. The highest BCUT2D eigenvalue weighted by Gasteiger charge is 2.31. The Labute approximate surface area is 112 Å². The lowest BCUT2D eigenvalue weighted by molar-refractivity contribution is -0.137. The van der Waals surface area contributed by atoms with Gasteiger partial charge in [-0.2, -0.15) is 18.4 Å². The molecule has 0 aromatic heterocycles. The summed E-state index contributed by atoms with van der Waals surface area (Å²) in [7, 11) is -4.11. The van der Waals surface area contributed by atoms with Crippen molar-refractivity contribution in [3.05, 3.63) is 28.8 Å². The van der Waals surface area contributed by atoms with E-state index in [2.05, 4.69) is 0 Å². The summed E-state index contributed by atoms with van der Waals surface area (Å²) in [6.07, 6.45) is -4.62. The number of halogens is 4. The summed E-state index contributed by atoms with van der Waals surface area (Å²) in [5, 5.41) is 6.91. The zero-order chi connectivity index (χ0) is 14.8. The smallest absolute Gasteiger partial charge is 0.281 e. The molecule has 0 saturated heterocycles. The molecule has 4 nitrogen and oxygen atoms in total. The van der Waals surface area contributed by atoms with Crippen LogP contribution in [0.25, 0.3) is 0 Å². The van der Waals surface area contributed by atoms with Crippen LogP contribution in [0, 0.1) is 11.3 Å². The maximum Gasteiger partial charge on any atom is 0.416 e. The van der Waals surface area contributed by atoms with Crippen molar-refractivity contribution in [1.29, 1.82) is 5.26 Å². The first-order chi connectivity index (χ1) is 8.58. The van der Waals surface area contributed by atoms with Crippen LogP contribution in [0.3, 0.4) is 0 Å². The number of hydrogen-bond donors (Lipinski definition) is 1. The van der Waals surface area contributed by atoms with Gasteiger partial charge in [-0.3, -0.25) is 4.72 Å². The van der Waals surface area contributed by atoms with Gasteiger partial charge in [0, 0.05) is 0 Å². The molecular formula is C10H8ClF3N2O2S. The summed E-state index contributed by atoms with van der Waals surface area (Å²) in [5.41, 5.74) is -1.46. The normalized spacial score (nSPS) is 13.7. The lowest BCUT2D eigenvalue weighted by Crippen LogP contribution is -2.24. The minimum atomic E-state index is -4.62. The van der Waals surface area contributed by atoms with Gasteiger partial charge in [0.05, 0.1) is 22.3 Å². The van der Waals surface area contributed by atoms with E-state index in [9.17, 15) is 21.6 Å². The van der Waals surface area contributed by atoms with Crippen molar-refractivity contribution in [2.24, 2.45) is 0 Å². The lowest BCUT2D eigenvalue weighted by Gasteiger charge is -2.13. The molecule has 0 bridgehead atoms. The van der Waals surface area contributed by atoms with Gasteiger partial charge in [-0.05, 0) is 25.1 Å². The average molecular weight is 313 g/mol. The largest absolute Gasteiger partial charge is 0.416 e. The van der Waals surface area contributed by atoms with Crippen molar-refractivity contribution >= 4 is 27.3 Å². The Balaban J connectivity index is 3.20. The van der Waals surface area contributed by atoms with Gasteiger partial charge in [0.15, 0.2) is 5.25 Å². The highest BCUT2D eigenvalue weighted by Crippen LogP contribution is 2.34. The Morgan fingerprint density at radius 3 is 2.47 bits per heavy atom. The highest BCUT2D eigenvalue weighted by molar-refractivity contribution is 7.93. The second-order valence-corrected chi connectivity index (χ2v) is 6.02. The van der Waals surface area contributed by atoms with Crippen molar-refractivity contribution in [3.63, 3.8) is 0 Å². The molecule has 1 unspecified atom stereocenters. The maximum absolute atomic E-state index is 12.5. The highest BCUT2D eigenvalue weighted by atomic mass is 35.5. The maximum atomic E-state index is 12.5. The van der Waals surface area contributed by atoms with E-state index in [0.717, 1.165) is 19.1 Å². The van der Waals surface area contributed by atoms with Crippen LogP contribution < -0.4 is 4.72 Å². The van der Waals surface area contributed by atoms with E-state index in [-0.39, 0.29) is 5.02 Å². The fourth-order valence-electron chi connectivity index (χ4n) is 1.09. The summed E-state index contributed by atoms with van der Waals surface area (Å²) in [5.74, 6) is 0. The van der Waals surface area contributed by atoms with Gasteiger partial charge in [0.25, 0.3) is 0 Å². The molecule has 0 aliphatic carbocycles. The predicted octanol–water partition coefficient (Wildman–Crippen LogP) is 3.01. The van der Waals surface area contributed by atoms with E-state index in [1.165, 1.54) is 6.07 Å². The van der Waals surface area contributed by atoms with Crippen LogP contribution in [0.15, 0.2) is 18.2 Å². The average Bonchev–Trinajstić information content (AvgIpc) is 2.29. The quantitative estimate of drug-likeness (QED) is 0.932. The van der Waals surface area contributed by atoms with Crippen molar-refractivity contribution < 1.29 is 21.6 Å². The van der Waals surface area contributed by atoms with Crippen LogP contribution >= 0.6 is 11.6 Å². The van der Waals surface area contributed by atoms with Crippen LogP contribution in [0.2, 0.25) is 5.02 Å². The summed E-state index contributed by atoms with van der Waals surface area (Å²) < 4.78 is 62.5. The molecule has 9 heteroatoms. The monoisotopic (exact) mass is 312 g/mol. The topological polar surface area (TPSA) is 70.0 Å². The zero-order valence-electron chi connectivity index (χ0n) is 9.49. The Morgan fingerprint density at radius 2 is 2.00 bits per heavy atom. The Morgan fingerprint density at radius 1 is 1.42 bits per heavy atom. The molecule has 1 aromatic carbocycles. The van der Waals surface area contributed by atoms with Gasteiger partial charge >= 0.3 is 6.18 Å². The van der Waals surface area contributed by atoms with E-state index in [0.29, 0.717) is 6.07 Å². The van der Waals surface area contributed by atoms with Crippen molar-refractivity contribution in [2.45, 2.75) is 18.3 Å². The van der Waals surface area contributed by atoms with Crippen molar-refractivity contribution in [3.8, 4) is 6.07 Å². The molecule has 0 aliphatic rings. The van der Waals surface area contributed by atoms with Gasteiger partial charge in [-0.1, -0.05) is 11.6 Å². The first kappa shape index (κ1) is 15.6. The van der Waals surface area contributed by atoms with Crippen LogP contribution in [-0.2, 0) is 16.2 Å². The first-order valence-electron chi connectivity index (χ1n) is 4.86. The number of rotatable bonds is 3. The fraction of sp³-hybridized carbons (Fsp3) is 0.300. The van der Waals surface area contributed by atoms with Crippen molar-refractivity contribution in [1.82, 2.24) is 0 Å². The number of nitrogens with one attached hydrogen (secondary N) is 1. The number of anilines is 1. The zero-order valence-corrected chi connectivity index (χ0v) is 11.1. The molecule has 0 radical (unpaired) electrons. The second kappa shape index (κ2) is 5.27. The Kier molecular flexibility index (Phi) is 4.32. The molecule has 0 heterocycles. The third kappa shape index (κ3) is 3.75. The summed E-state index contributed by atoms with van der Waals surface area (Å²) in [6.45, 7) is 1.10. The molecule has 19 heavy (non-hydrogen) atoms. The number of benzene rings is 1. The van der Waals surface area contributed by atoms with Crippen LogP contribution in [0.5, 0.6) is 0 Å². The molecule has 104 valence electrons. The summed E-state index contributed by atoms with van der Waals surface area (Å²) >= 11 is 5.62. The van der Waals surface area contributed by atoms with Gasteiger partial charge in [-0.15, -0.1) is 0 Å². The van der Waals surface area contributed by atoms with Gasteiger partial charge < -0.3 is 0 Å². The van der Waals surface area contributed by atoms with Crippen LogP contribution in [-0.4, -0.2) is 13.7 Å². The number of sulfonamides is 1. The lowest BCUT2D eigenvalue weighted by atomic mass is 10.2.